The number of hydrogen-bond donors (Lipinski definition) is 1. The molecule has 0 spiro atoms. The molecule has 84 valence electrons. The van der Waals surface area contributed by atoms with Crippen molar-refractivity contribution < 1.29 is 0 Å². The average molecular weight is 199 g/mol. The van der Waals surface area contributed by atoms with Crippen LogP contribution in [0.25, 0.3) is 0 Å². The third-order valence-electron chi connectivity index (χ3n) is 3.28. The number of nitrogens with one attached hydrogen (secondary N) is 1. The Kier molecular flexibility index (Phi) is 4.85. The second kappa shape index (κ2) is 5.69. The Morgan fingerprint density at radius 3 is 2.79 bits per heavy atom. The summed E-state index contributed by atoms with van der Waals surface area (Å²) in [6, 6.07) is 1.42. The molecule has 3 heteroatoms. The van der Waals surface area contributed by atoms with Gasteiger partial charge in [0.25, 0.3) is 0 Å². The van der Waals surface area contributed by atoms with Crippen molar-refractivity contribution >= 4 is 0 Å². The normalized spacial score (nSPS) is 26.8. The summed E-state index contributed by atoms with van der Waals surface area (Å²) in [4.78, 5) is 4.96. The standard InChI is InChI=1S/C11H25N3/c1-10(8-12-2)14-7-5-6-11(9-14)13(3)4/h10-12H,5-9H2,1-4H3. The van der Waals surface area contributed by atoms with Crippen molar-refractivity contribution in [1.82, 2.24) is 15.1 Å². The first-order valence-corrected chi connectivity index (χ1v) is 5.70. The summed E-state index contributed by atoms with van der Waals surface area (Å²) in [6.07, 6.45) is 2.70. The molecule has 2 atom stereocenters. The SMILES string of the molecule is CNCC(C)N1CCCC(N(C)C)C1. The van der Waals surface area contributed by atoms with E-state index in [1.807, 2.05) is 7.05 Å². The van der Waals surface area contributed by atoms with Crippen LogP contribution < -0.4 is 5.32 Å². The van der Waals surface area contributed by atoms with E-state index in [1.54, 1.807) is 0 Å². The molecule has 1 N–H and O–H groups in total. The highest BCUT2D eigenvalue weighted by Gasteiger charge is 2.23. The Morgan fingerprint density at radius 1 is 1.50 bits per heavy atom. The zero-order chi connectivity index (χ0) is 10.6. The maximum Gasteiger partial charge on any atom is 0.0217 e. The highest BCUT2D eigenvalue weighted by atomic mass is 15.2. The van der Waals surface area contributed by atoms with Crippen molar-refractivity contribution in [2.24, 2.45) is 0 Å². The van der Waals surface area contributed by atoms with E-state index in [-0.39, 0.29) is 0 Å². The molecule has 1 fully saturated rings. The van der Waals surface area contributed by atoms with E-state index in [9.17, 15) is 0 Å². The van der Waals surface area contributed by atoms with Gasteiger partial charge in [0.2, 0.25) is 0 Å². The highest BCUT2D eigenvalue weighted by molar-refractivity contribution is 4.81. The lowest BCUT2D eigenvalue weighted by molar-refractivity contribution is 0.102. The first-order chi connectivity index (χ1) is 6.65. The summed E-state index contributed by atoms with van der Waals surface area (Å²) < 4.78 is 0. The van der Waals surface area contributed by atoms with E-state index in [0.717, 1.165) is 12.6 Å². The molecule has 14 heavy (non-hydrogen) atoms. The van der Waals surface area contributed by atoms with Gasteiger partial charge in [0.15, 0.2) is 0 Å². The van der Waals surface area contributed by atoms with Crippen molar-refractivity contribution in [2.45, 2.75) is 31.8 Å². The molecule has 1 rings (SSSR count). The van der Waals surface area contributed by atoms with Crippen molar-refractivity contribution in [3.8, 4) is 0 Å². The summed E-state index contributed by atoms with van der Waals surface area (Å²) in [5.74, 6) is 0. The quantitative estimate of drug-likeness (QED) is 0.716. The Hall–Kier alpha value is -0.120. The summed E-state index contributed by atoms with van der Waals surface area (Å²) in [5.41, 5.74) is 0. The van der Waals surface area contributed by atoms with E-state index in [2.05, 4.69) is 36.1 Å². The number of rotatable bonds is 4. The number of likely N-dealkylation sites (N-methyl/N-ethyl adjacent to an activating group) is 2. The van der Waals surface area contributed by atoms with Crippen LogP contribution in [-0.2, 0) is 0 Å². The van der Waals surface area contributed by atoms with Gasteiger partial charge >= 0.3 is 0 Å². The predicted molar refractivity (Wildman–Crippen MR) is 61.7 cm³/mol. The van der Waals surface area contributed by atoms with Crippen LogP contribution in [0.15, 0.2) is 0 Å². The van der Waals surface area contributed by atoms with Crippen LogP contribution in [0.4, 0.5) is 0 Å². The zero-order valence-corrected chi connectivity index (χ0v) is 10.1. The van der Waals surface area contributed by atoms with Crippen LogP contribution in [0.5, 0.6) is 0 Å². The molecule has 1 saturated heterocycles. The molecule has 1 heterocycles. The van der Waals surface area contributed by atoms with Gasteiger partial charge in [0.05, 0.1) is 0 Å². The molecule has 0 aliphatic carbocycles. The first kappa shape index (κ1) is 12.0. The molecule has 0 amide bonds. The number of likely N-dealkylation sites (tertiary alicyclic amines) is 1. The van der Waals surface area contributed by atoms with Gasteiger partial charge in [-0.2, -0.15) is 0 Å². The van der Waals surface area contributed by atoms with Gasteiger partial charge in [-0.1, -0.05) is 0 Å². The number of nitrogens with zero attached hydrogens (tertiary/aromatic N) is 2. The molecule has 2 unspecified atom stereocenters. The second-order valence-corrected chi connectivity index (χ2v) is 4.66. The van der Waals surface area contributed by atoms with E-state index >= 15 is 0 Å². The lowest BCUT2D eigenvalue weighted by Crippen LogP contribution is -2.50. The topological polar surface area (TPSA) is 18.5 Å². The van der Waals surface area contributed by atoms with Crippen molar-refractivity contribution in [2.75, 3.05) is 40.8 Å². The van der Waals surface area contributed by atoms with Crippen LogP contribution in [-0.4, -0.2) is 62.7 Å². The molecule has 0 aromatic heterocycles. The van der Waals surface area contributed by atoms with Crippen LogP contribution in [0, 0.1) is 0 Å². The Bertz CT molecular complexity index is 159. The van der Waals surface area contributed by atoms with Crippen LogP contribution in [0.1, 0.15) is 19.8 Å². The van der Waals surface area contributed by atoms with Crippen molar-refractivity contribution in [1.29, 1.82) is 0 Å². The van der Waals surface area contributed by atoms with Gasteiger partial charge in [-0.25, -0.2) is 0 Å². The second-order valence-electron chi connectivity index (χ2n) is 4.66. The summed E-state index contributed by atoms with van der Waals surface area (Å²) in [7, 11) is 6.41. The molecule has 0 aromatic carbocycles. The fourth-order valence-corrected chi connectivity index (χ4v) is 2.23. The summed E-state index contributed by atoms with van der Waals surface area (Å²) in [5, 5.41) is 3.25. The summed E-state index contributed by atoms with van der Waals surface area (Å²) >= 11 is 0. The minimum Gasteiger partial charge on any atom is -0.318 e. The number of piperidine rings is 1. The zero-order valence-electron chi connectivity index (χ0n) is 10.1. The lowest BCUT2D eigenvalue weighted by Gasteiger charge is -2.39. The number of hydrogen-bond acceptors (Lipinski definition) is 3. The van der Waals surface area contributed by atoms with E-state index < -0.39 is 0 Å². The fraction of sp³-hybridized carbons (Fsp3) is 1.00. The Balaban J connectivity index is 2.39. The predicted octanol–water partition coefficient (Wildman–Crippen LogP) is 0.620. The molecule has 0 aromatic rings. The van der Waals surface area contributed by atoms with E-state index in [4.69, 9.17) is 0 Å². The van der Waals surface area contributed by atoms with Gasteiger partial charge in [0.1, 0.15) is 0 Å². The fourth-order valence-electron chi connectivity index (χ4n) is 2.23. The van der Waals surface area contributed by atoms with Crippen molar-refractivity contribution in [3.63, 3.8) is 0 Å². The smallest absolute Gasteiger partial charge is 0.0217 e. The maximum absolute atomic E-state index is 3.25. The van der Waals surface area contributed by atoms with Gasteiger partial charge in [0, 0.05) is 25.2 Å². The minimum atomic E-state index is 0.669. The molecular formula is C11H25N3. The van der Waals surface area contributed by atoms with Gasteiger partial charge in [-0.05, 0) is 47.5 Å². The summed E-state index contributed by atoms with van der Waals surface area (Å²) in [6.45, 7) is 5.91. The molecule has 1 aliphatic heterocycles. The maximum atomic E-state index is 3.25. The van der Waals surface area contributed by atoms with Crippen LogP contribution in [0.3, 0.4) is 0 Å². The molecular weight excluding hydrogens is 174 g/mol. The molecule has 3 nitrogen and oxygen atoms in total. The molecule has 0 bridgehead atoms. The van der Waals surface area contributed by atoms with Gasteiger partial charge < -0.3 is 10.2 Å². The average Bonchev–Trinajstić information content (AvgIpc) is 2.18. The first-order valence-electron chi connectivity index (χ1n) is 5.70. The third-order valence-corrected chi connectivity index (χ3v) is 3.28. The molecule has 0 saturated carbocycles. The van der Waals surface area contributed by atoms with E-state index in [1.165, 1.54) is 25.9 Å². The van der Waals surface area contributed by atoms with Crippen LogP contribution >= 0.6 is 0 Å². The minimum absolute atomic E-state index is 0.669. The van der Waals surface area contributed by atoms with Crippen molar-refractivity contribution in [3.05, 3.63) is 0 Å². The lowest BCUT2D eigenvalue weighted by atomic mass is 10.0. The van der Waals surface area contributed by atoms with Gasteiger partial charge in [-0.3, -0.25) is 4.90 Å². The van der Waals surface area contributed by atoms with E-state index in [0.29, 0.717) is 6.04 Å². The Labute approximate surface area is 88.5 Å². The Morgan fingerprint density at radius 2 is 2.21 bits per heavy atom. The molecule has 0 radical (unpaired) electrons. The van der Waals surface area contributed by atoms with Crippen LogP contribution in [0.2, 0.25) is 0 Å². The monoisotopic (exact) mass is 199 g/mol. The largest absolute Gasteiger partial charge is 0.318 e. The highest BCUT2D eigenvalue weighted by Crippen LogP contribution is 2.15. The third kappa shape index (κ3) is 3.23. The van der Waals surface area contributed by atoms with Gasteiger partial charge in [-0.15, -0.1) is 0 Å². The molecule has 1 aliphatic rings.